The molecule has 0 aromatic rings. The van der Waals surface area contributed by atoms with Crippen molar-refractivity contribution in [2.24, 2.45) is 0 Å². The molecular weight excluding hydrogens is 196 g/mol. The molecule has 1 aliphatic heterocycles. The predicted molar refractivity (Wildman–Crippen MR) is 56.8 cm³/mol. The van der Waals surface area contributed by atoms with Gasteiger partial charge in [0.2, 0.25) is 0 Å². The second-order valence-electron chi connectivity index (χ2n) is 3.90. The Morgan fingerprint density at radius 2 is 2.33 bits per heavy atom. The second kappa shape index (κ2) is 6.76. The predicted octanol–water partition coefficient (Wildman–Crippen LogP) is -0.493. The number of rotatable bonds is 6. The van der Waals surface area contributed by atoms with E-state index >= 15 is 0 Å². The molecule has 0 spiro atoms. The number of carbonyl (C=O) groups is 1. The van der Waals surface area contributed by atoms with Crippen LogP contribution in [0.5, 0.6) is 0 Å². The van der Waals surface area contributed by atoms with Crippen LogP contribution in [0.3, 0.4) is 0 Å². The van der Waals surface area contributed by atoms with E-state index in [-0.39, 0.29) is 13.0 Å². The number of aliphatic hydroxyl groups is 1. The lowest BCUT2D eigenvalue weighted by Gasteiger charge is -2.35. The molecule has 1 unspecified atom stereocenters. The van der Waals surface area contributed by atoms with Crippen molar-refractivity contribution < 1.29 is 15.0 Å². The molecule has 0 bridgehead atoms. The molecular formula is C10H20N2O3. The van der Waals surface area contributed by atoms with Gasteiger partial charge in [0.1, 0.15) is 0 Å². The standard InChI is InChI=1S/C10H20N2O3/c13-7-3-9-8-11-4-6-12(9)5-1-2-10(14)15/h9,11,13H,1-8H2,(H,14,15). The zero-order valence-electron chi connectivity index (χ0n) is 8.98. The summed E-state index contributed by atoms with van der Waals surface area (Å²) in [5.74, 6) is -0.733. The molecule has 1 saturated heterocycles. The van der Waals surface area contributed by atoms with Crippen LogP contribution >= 0.6 is 0 Å². The molecule has 1 heterocycles. The van der Waals surface area contributed by atoms with Gasteiger partial charge in [-0.2, -0.15) is 0 Å². The Hall–Kier alpha value is -0.650. The van der Waals surface area contributed by atoms with Crippen molar-refractivity contribution in [2.45, 2.75) is 25.3 Å². The van der Waals surface area contributed by atoms with Crippen LogP contribution in [0, 0.1) is 0 Å². The highest BCUT2D eigenvalue weighted by Gasteiger charge is 2.20. The molecule has 1 atom stereocenters. The first-order valence-corrected chi connectivity index (χ1v) is 5.51. The molecule has 1 aliphatic rings. The number of nitrogens with zero attached hydrogens (tertiary/aromatic N) is 1. The van der Waals surface area contributed by atoms with E-state index in [0.29, 0.717) is 12.5 Å². The molecule has 88 valence electrons. The van der Waals surface area contributed by atoms with E-state index in [0.717, 1.165) is 32.6 Å². The minimum Gasteiger partial charge on any atom is -0.481 e. The number of nitrogens with one attached hydrogen (secondary N) is 1. The summed E-state index contributed by atoms with van der Waals surface area (Å²) >= 11 is 0. The number of carboxylic acid groups (broad SMARTS) is 1. The lowest BCUT2D eigenvalue weighted by Crippen LogP contribution is -2.51. The van der Waals surface area contributed by atoms with Crippen LogP contribution in [0.15, 0.2) is 0 Å². The molecule has 0 aromatic heterocycles. The minimum absolute atomic E-state index is 0.196. The van der Waals surface area contributed by atoms with Crippen molar-refractivity contribution >= 4 is 5.97 Å². The summed E-state index contributed by atoms with van der Waals surface area (Å²) in [4.78, 5) is 12.7. The van der Waals surface area contributed by atoms with E-state index < -0.39 is 5.97 Å². The van der Waals surface area contributed by atoms with Gasteiger partial charge in [-0.1, -0.05) is 0 Å². The van der Waals surface area contributed by atoms with E-state index in [1.165, 1.54) is 0 Å². The topological polar surface area (TPSA) is 72.8 Å². The van der Waals surface area contributed by atoms with Crippen LogP contribution in [0.2, 0.25) is 0 Å². The summed E-state index contributed by atoms with van der Waals surface area (Å²) in [6.45, 7) is 3.81. The summed E-state index contributed by atoms with van der Waals surface area (Å²) in [7, 11) is 0. The van der Waals surface area contributed by atoms with Gasteiger partial charge in [0.25, 0.3) is 0 Å². The average molecular weight is 216 g/mol. The fraction of sp³-hybridized carbons (Fsp3) is 0.900. The lowest BCUT2D eigenvalue weighted by atomic mass is 10.1. The molecule has 0 saturated carbocycles. The van der Waals surface area contributed by atoms with E-state index in [1.54, 1.807) is 0 Å². The van der Waals surface area contributed by atoms with E-state index in [2.05, 4.69) is 10.2 Å². The summed E-state index contributed by atoms with van der Waals surface area (Å²) in [5.41, 5.74) is 0. The highest BCUT2D eigenvalue weighted by atomic mass is 16.4. The average Bonchev–Trinajstić information content (AvgIpc) is 2.20. The van der Waals surface area contributed by atoms with Crippen molar-refractivity contribution in [3.8, 4) is 0 Å². The first-order valence-electron chi connectivity index (χ1n) is 5.51. The maximum absolute atomic E-state index is 10.4. The van der Waals surface area contributed by atoms with Gasteiger partial charge in [-0.15, -0.1) is 0 Å². The summed E-state index contributed by atoms with van der Waals surface area (Å²) in [6, 6.07) is 0.359. The second-order valence-corrected chi connectivity index (χ2v) is 3.90. The Balaban J connectivity index is 2.25. The number of carboxylic acids is 1. The third-order valence-electron chi connectivity index (χ3n) is 2.77. The van der Waals surface area contributed by atoms with Crippen molar-refractivity contribution in [3.63, 3.8) is 0 Å². The summed E-state index contributed by atoms with van der Waals surface area (Å²) in [5, 5.41) is 20.7. The van der Waals surface area contributed by atoms with Crippen molar-refractivity contribution in [1.82, 2.24) is 10.2 Å². The van der Waals surface area contributed by atoms with Crippen LogP contribution in [-0.2, 0) is 4.79 Å². The van der Waals surface area contributed by atoms with Crippen LogP contribution in [0.1, 0.15) is 19.3 Å². The maximum atomic E-state index is 10.4. The van der Waals surface area contributed by atoms with Crippen molar-refractivity contribution in [1.29, 1.82) is 0 Å². The van der Waals surface area contributed by atoms with Crippen LogP contribution < -0.4 is 5.32 Å². The smallest absolute Gasteiger partial charge is 0.303 e. The molecule has 0 aromatic carbocycles. The molecule has 0 radical (unpaired) electrons. The van der Waals surface area contributed by atoms with Gasteiger partial charge >= 0.3 is 5.97 Å². The Morgan fingerprint density at radius 3 is 3.00 bits per heavy atom. The van der Waals surface area contributed by atoms with E-state index in [4.69, 9.17) is 10.2 Å². The highest BCUT2D eigenvalue weighted by Crippen LogP contribution is 2.08. The van der Waals surface area contributed by atoms with Crippen molar-refractivity contribution in [3.05, 3.63) is 0 Å². The molecule has 3 N–H and O–H groups in total. The molecule has 0 amide bonds. The Kier molecular flexibility index (Phi) is 5.60. The third-order valence-corrected chi connectivity index (χ3v) is 2.77. The lowest BCUT2D eigenvalue weighted by molar-refractivity contribution is -0.137. The number of hydrogen-bond acceptors (Lipinski definition) is 4. The summed E-state index contributed by atoms with van der Waals surface area (Å²) in [6.07, 6.45) is 1.69. The van der Waals surface area contributed by atoms with E-state index in [9.17, 15) is 4.79 Å². The number of piperazine rings is 1. The zero-order valence-corrected chi connectivity index (χ0v) is 8.98. The van der Waals surface area contributed by atoms with Gasteiger partial charge in [0.05, 0.1) is 0 Å². The fourth-order valence-corrected chi connectivity index (χ4v) is 1.96. The first-order chi connectivity index (χ1) is 7.24. The largest absolute Gasteiger partial charge is 0.481 e. The van der Waals surface area contributed by atoms with Crippen molar-refractivity contribution in [2.75, 3.05) is 32.8 Å². The van der Waals surface area contributed by atoms with Gasteiger partial charge in [-0.3, -0.25) is 9.69 Å². The van der Waals surface area contributed by atoms with Gasteiger partial charge in [0.15, 0.2) is 0 Å². The summed E-state index contributed by atoms with van der Waals surface area (Å²) < 4.78 is 0. The van der Waals surface area contributed by atoms with Crippen LogP contribution in [-0.4, -0.2) is 59.9 Å². The normalized spacial score (nSPS) is 22.9. The van der Waals surface area contributed by atoms with Gasteiger partial charge < -0.3 is 15.5 Å². The SMILES string of the molecule is O=C(O)CCCN1CCNCC1CCO. The molecule has 5 nitrogen and oxygen atoms in total. The van der Waals surface area contributed by atoms with Gasteiger partial charge in [-0.05, 0) is 19.4 Å². The van der Waals surface area contributed by atoms with Gasteiger partial charge in [0, 0.05) is 38.7 Å². The number of aliphatic carboxylic acids is 1. The molecule has 1 rings (SSSR count). The number of aliphatic hydroxyl groups excluding tert-OH is 1. The van der Waals surface area contributed by atoms with Gasteiger partial charge in [-0.25, -0.2) is 0 Å². The minimum atomic E-state index is -0.733. The van der Waals surface area contributed by atoms with Crippen LogP contribution in [0.4, 0.5) is 0 Å². The quantitative estimate of drug-likeness (QED) is 0.558. The molecule has 0 aliphatic carbocycles. The fourth-order valence-electron chi connectivity index (χ4n) is 1.96. The maximum Gasteiger partial charge on any atom is 0.303 e. The first kappa shape index (κ1) is 12.4. The monoisotopic (exact) mass is 216 g/mol. The molecule has 5 heteroatoms. The molecule has 1 fully saturated rings. The Morgan fingerprint density at radius 1 is 1.53 bits per heavy atom. The molecule has 15 heavy (non-hydrogen) atoms. The highest BCUT2D eigenvalue weighted by molar-refractivity contribution is 5.66. The Bertz CT molecular complexity index is 197. The number of hydrogen-bond donors (Lipinski definition) is 3. The zero-order chi connectivity index (χ0) is 11.1. The third kappa shape index (κ3) is 4.59. The Labute approximate surface area is 90.1 Å². The van der Waals surface area contributed by atoms with Crippen LogP contribution in [0.25, 0.3) is 0 Å². The van der Waals surface area contributed by atoms with E-state index in [1.807, 2.05) is 0 Å².